The Labute approximate surface area is 99.5 Å². The molecule has 0 aliphatic carbocycles. The van der Waals surface area contributed by atoms with Crippen molar-refractivity contribution in [1.29, 1.82) is 5.26 Å². The number of para-hydroxylation sites is 1. The van der Waals surface area contributed by atoms with Gasteiger partial charge in [0.2, 0.25) is 0 Å². The molecule has 0 aromatic heterocycles. The fraction of sp³-hybridized carbons (Fsp3) is 0.0714. The van der Waals surface area contributed by atoms with Gasteiger partial charge in [0.05, 0.1) is 0 Å². The van der Waals surface area contributed by atoms with Gasteiger partial charge in [-0.05, 0) is 12.1 Å². The van der Waals surface area contributed by atoms with Crippen LogP contribution in [0.1, 0.15) is 5.56 Å². The molecule has 0 heterocycles. The second-order valence-corrected chi connectivity index (χ2v) is 3.54. The molecule has 1 N–H and O–H groups in total. The zero-order valence-electron chi connectivity index (χ0n) is 9.08. The molecular weight excluding hydrogens is 214 g/mol. The molecule has 0 amide bonds. The Morgan fingerprint density at radius 2 is 1.47 bits per heavy atom. The Kier molecular flexibility index (Phi) is 3.08. The van der Waals surface area contributed by atoms with Gasteiger partial charge in [-0.25, -0.2) is 0 Å². The number of benzene rings is 2. The fourth-order valence-corrected chi connectivity index (χ4v) is 1.47. The predicted molar refractivity (Wildman–Crippen MR) is 63.0 cm³/mol. The van der Waals surface area contributed by atoms with Gasteiger partial charge in [0.15, 0.2) is 0 Å². The van der Waals surface area contributed by atoms with E-state index in [0.717, 1.165) is 0 Å². The molecule has 84 valence electrons. The minimum absolute atomic E-state index is 0.409. The smallest absolute Gasteiger partial charge is 0.325 e. The van der Waals surface area contributed by atoms with E-state index in [1.165, 1.54) is 0 Å². The number of hydrogen-bond acceptors (Lipinski definition) is 3. The summed E-state index contributed by atoms with van der Waals surface area (Å²) in [7, 11) is 0. The van der Waals surface area contributed by atoms with Crippen LogP contribution in [0.15, 0.2) is 60.7 Å². The summed E-state index contributed by atoms with van der Waals surface area (Å²) < 4.78 is 5.33. The van der Waals surface area contributed by atoms with Crippen molar-refractivity contribution in [2.45, 2.75) is 5.79 Å². The second-order valence-electron chi connectivity index (χ2n) is 3.54. The highest BCUT2D eigenvalue weighted by atomic mass is 16.6. The summed E-state index contributed by atoms with van der Waals surface area (Å²) in [6.07, 6.45) is 0. The highest BCUT2D eigenvalue weighted by molar-refractivity contribution is 5.29. The van der Waals surface area contributed by atoms with Crippen molar-refractivity contribution in [2.75, 3.05) is 0 Å². The van der Waals surface area contributed by atoms with Gasteiger partial charge >= 0.3 is 5.79 Å². The lowest BCUT2D eigenvalue weighted by Gasteiger charge is -2.21. The number of nitriles is 1. The number of hydrogen-bond donors (Lipinski definition) is 1. The number of aliphatic hydroxyl groups is 1. The first-order valence-corrected chi connectivity index (χ1v) is 5.18. The summed E-state index contributed by atoms with van der Waals surface area (Å²) in [4.78, 5) is 0. The van der Waals surface area contributed by atoms with Gasteiger partial charge in [-0.2, -0.15) is 5.26 Å². The van der Waals surface area contributed by atoms with Crippen LogP contribution in [0.2, 0.25) is 0 Å². The van der Waals surface area contributed by atoms with Crippen LogP contribution in [0.4, 0.5) is 0 Å². The monoisotopic (exact) mass is 225 g/mol. The summed E-state index contributed by atoms with van der Waals surface area (Å²) in [5.74, 6) is -1.51. The molecule has 2 aromatic carbocycles. The van der Waals surface area contributed by atoms with Crippen LogP contribution in [0.25, 0.3) is 0 Å². The maximum absolute atomic E-state index is 10.2. The van der Waals surface area contributed by atoms with Crippen LogP contribution < -0.4 is 4.74 Å². The van der Waals surface area contributed by atoms with Crippen molar-refractivity contribution in [2.24, 2.45) is 0 Å². The number of ether oxygens (including phenoxy) is 1. The molecule has 1 atom stereocenters. The maximum Gasteiger partial charge on any atom is 0.325 e. The van der Waals surface area contributed by atoms with Crippen LogP contribution >= 0.6 is 0 Å². The third-order valence-corrected chi connectivity index (χ3v) is 2.33. The topological polar surface area (TPSA) is 53.2 Å². The second kappa shape index (κ2) is 4.69. The quantitative estimate of drug-likeness (QED) is 0.644. The summed E-state index contributed by atoms with van der Waals surface area (Å²) in [5, 5.41) is 19.2. The Hall–Kier alpha value is -2.31. The van der Waals surface area contributed by atoms with Gasteiger partial charge in [-0.15, -0.1) is 0 Å². The van der Waals surface area contributed by atoms with Gasteiger partial charge < -0.3 is 9.84 Å². The molecule has 17 heavy (non-hydrogen) atoms. The molecule has 0 spiro atoms. The summed E-state index contributed by atoms with van der Waals surface area (Å²) in [5.41, 5.74) is 0.409. The van der Waals surface area contributed by atoms with Crippen LogP contribution in [-0.2, 0) is 5.79 Å². The van der Waals surface area contributed by atoms with E-state index in [-0.39, 0.29) is 0 Å². The van der Waals surface area contributed by atoms with Crippen molar-refractivity contribution in [1.82, 2.24) is 0 Å². The molecular formula is C14H11NO2. The minimum Gasteiger partial charge on any atom is -0.446 e. The Balaban J connectivity index is 2.31. The van der Waals surface area contributed by atoms with Crippen molar-refractivity contribution < 1.29 is 9.84 Å². The molecule has 3 nitrogen and oxygen atoms in total. The van der Waals surface area contributed by atoms with Crippen molar-refractivity contribution >= 4 is 0 Å². The standard InChI is InChI=1S/C14H11NO2/c15-11-14(16,12-7-3-1-4-8-12)17-13-9-5-2-6-10-13/h1-10,16H/t14-/m1/s1. The van der Waals surface area contributed by atoms with Crippen LogP contribution in [0, 0.1) is 11.3 Å². The lowest BCUT2D eigenvalue weighted by Crippen LogP contribution is -2.30. The zero-order valence-corrected chi connectivity index (χ0v) is 9.08. The highest BCUT2D eigenvalue weighted by Crippen LogP contribution is 2.24. The largest absolute Gasteiger partial charge is 0.446 e. The summed E-state index contributed by atoms with van der Waals surface area (Å²) in [6.45, 7) is 0. The first-order valence-electron chi connectivity index (χ1n) is 5.18. The Bertz CT molecular complexity index is 519. The van der Waals surface area contributed by atoms with E-state index in [1.807, 2.05) is 12.1 Å². The first kappa shape index (κ1) is 11.2. The van der Waals surface area contributed by atoms with E-state index in [0.29, 0.717) is 11.3 Å². The molecule has 0 saturated heterocycles. The van der Waals surface area contributed by atoms with Crippen LogP contribution in [-0.4, -0.2) is 5.11 Å². The summed E-state index contributed by atoms with van der Waals surface area (Å²) in [6, 6.07) is 19.1. The average molecular weight is 225 g/mol. The van der Waals surface area contributed by atoms with E-state index in [1.54, 1.807) is 54.6 Å². The van der Waals surface area contributed by atoms with Gasteiger partial charge in [-0.3, -0.25) is 0 Å². The van der Waals surface area contributed by atoms with E-state index in [9.17, 15) is 5.11 Å². The SMILES string of the molecule is N#C[C@@](O)(Oc1ccccc1)c1ccccc1. The zero-order chi connectivity index (χ0) is 12.1. The van der Waals surface area contributed by atoms with Crippen molar-refractivity contribution in [3.63, 3.8) is 0 Å². The maximum atomic E-state index is 10.2. The highest BCUT2D eigenvalue weighted by Gasteiger charge is 2.31. The molecule has 3 heteroatoms. The molecule has 0 fully saturated rings. The Morgan fingerprint density at radius 1 is 0.941 bits per heavy atom. The number of rotatable bonds is 3. The lowest BCUT2D eigenvalue weighted by atomic mass is 10.1. The van der Waals surface area contributed by atoms with Gasteiger partial charge in [0.25, 0.3) is 0 Å². The fourth-order valence-electron chi connectivity index (χ4n) is 1.47. The Morgan fingerprint density at radius 3 is 2.00 bits per heavy atom. The molecule has 0 saturated carbocycles. The van der Waals surface area contributed by atoms with Crippen molar-refractivity contribution in [3.05, 3.63) is 66.2 Å². The third-order valence-electron chi connectivity index (χ3n) is 2.33. The minimum atomic E-state index is -1.96. The van der Waals surface area contributed by atoms with E-state index in [2.05, 4.69) is 0 Å². The van der Waals surface area contributed by atoms with Gasteiger partial charge in [0.1, 0.15) is 11.8 Å². The molecule has 0 aliphatic heterocycles. The normalized spacial score (nSPS) is 13.4. The number of nitrogens with zero attached hydrogens (tertiary/aromatic N) is 1. The third kappa shape index (κ3) is 2.44. The van der Waals surface area contributed by atoms with Gasteiger partial charge in [0, 0.05) is 5.56 Å². The molecule has 0 radical (unpaired) electrons. The molecule has 2 rings (SSSR count). The molecule has 0 unspecified atom stereocenters. The average Bonchev–Trinajstić information content (AvgIpc) is 2.41. The first-order chi connectivity index (χ1) is 8.24. The van der Waals surface area contributed by atoms with Crippen molar-refractivity contribution in [3.8, 4) is 11.8 Å². The molecule has 0 aliphatic rings. The molecule has 2 aromatic rings. The predicted octanol–water partition coefficient (Wildman–Crippen LogP) is 2.43. The van der Waals surface area contributed by atoms with Crippen LogP contribution in [0.5, 0.6) is 5.75 Å². The van der Waals surface area contributed by atoms with E-state index in [4.69, 9.17) is 10.00 Å². The van der Waals surface area contributed by atoms with Crippen LogP contribution in [0.3, 0.4) is 0 Å². The van der Waals surface area contributed by atoms with Gasteiger partial charge in [-0.1, -0.05) is 48.5 Å². The van der Waals surface area contributed by atoms with E-state index < -0.39 is 5.79 Å². The lowest BCUT2D eigenvalue weighted by molar-refractivity contribution is -0.0937. The molecule has 0 bridgehead atoms. The summed E-state index contributed by atoms with van der Waals surface area (Å²) >= 11 is 0. The van der Waals surface area contributed by atoms with E-state index >= 15 is 0 Å².